The van der Waals surface area contributed by atoms with Gasteiger partial charge in [0.15, 0.2) is 5.75 Å². The summed E-state index contributed by atoms with van der Waals surface area (Å²) in [6.45, 7) is 10.2. The fourth-order valence-corrected chi connectivity index (χ4v) is 2.08. The second-order valence-corrected chi connectivity index (χ2v) is 5.48. The monoisotopic (exact) mass is 330 g/mol. The van der Waals surface area contributed by atoms with Gasteiger partial charge < -0.3 is 9.47 Å². The number of ether oxygens (including phenoxy) is 2. The number of fused-ring (bicyclic) bond motifs is 1. The normalized spacial score (nSPS) is 10.2. The molecule has 23 heavy (non-hydrogen) atoms. The van der Waals surface area contributed by atoms with E-state index >= 15 is 0 Å². The Bertz CT molecular complexity index is 836. The van der Waals surface area contributed by atoms with E-state index < -0.39 is 11.9 Å². The third-order valence-electron chi connectivity index (χ3n) is 3.01. The first-order valence-corrected chi connectivity index (χ1v) is 7.15. The van der Waals surface area contributed by atoms with Gasteiger partial charge in [-0.1, -0.05) is 49.0 Å². The molecule has 0 radical (unpaired) electrons. The van der Waals surface area contributed by atoms with Crippen LogP contribution in [-0.4, -0.2) is 11.9 Å². The Kier molecular flexibility index (Phi) is 4.86. The number of halogens is 1. The number of carbonyl (C=O) groups is 2. The van der Waals surface area contributed by atoms with E-state index in [2.05, 4.69) is 13.2 Å². The molecular formula is C18H15ClO4. The van der Waals surface area contributed by atoms with E-state index in [1.54, 1.807) is 38.1 Å². The smallest absolute Gasteiger partial charge is 0.338 e. The highest BCUT2D eigenvalue weighted by Crippen LogP contribution is 2.40. The van der Waals surface area contributed by atoms with E-state index in [1.165, 1.54) is 6.07 Å². The van der Waals surface area contributed by atoms with Crippen molar-refractivity contribution >= 4 is 34.3 Å². The van der Waals surface area contributed by atoms with Crippen LogP contribution >= 0.6 is 11.6 Å². The van der Waals surface area contributed by atoms with Gasteiger partial charge in [-0.25, -0.2) is 9.59 Å². The van der Waals surface area contributed by atoms with Crippen LogP contribution in [0.1, 0.15) is 13.8 Å². The van der Waals surface area contributed by atoms with Crippen molar-refractivity contribution in [2.75, 3.05) is 0 Å². The molecule has 2 aromatic rings. The van der Waals surface area contributed by atoms with Gasteiger partial charge in [-0.15, -0.1) is 0 Å². The Hall–Kier alpha value is -2.59. The number of carbonyl (C=O) groups excluding carboxylic acids is 2. The maximum Gasteiger partial charge on any atom is 0.338 e. The largest absolute Gasteiger partial charge is 0.422 e. The van der Waals surface area contributed by atoms with Gasteiger partial charge in [0.25, 0.3) is 0 Å². The van der Waals surface area contributed by atoms with Gasteiger partial charge in [-0.3, -0.25) is 0 Å². The first kappa shape index (κ1) is 16.8. The molecule has 0 unspecified atom stereocenters. The predicted molar refractivity (Wildman–Crippen MR) is 89.9 cm³/mol. The molecule has 2 aromatic carbocycles. The van der Waals surface area contributed by atoms with Crippen molar-refractivity contribution in [1.29, 1.82) is 0 Å². The van der Waals surface area contributed by atoms with Crippen molar-refractivity contribution in [2.45, 2.75) is 13.8 Å². The summed E-state index contributed by atoms with van der Waals surface area (Å²) in [4.78, 5) is 23.5. The van der Waals surface area contributed by atoms with Crippen LogP contribution in [0.3, 0.4) is 0 Å². The van der Waals surface area contributed by atoms with Crippen LogP contribution in [0.5, 0.6) is 11.5 Å². The van der Waals surface area contributed by atoms with Gasteiger partial charge in [0.1, 0.15) is 5.75 Å². The van der Waals surface area contributed by atoms with Crippen LogP contribution in [-0.2, 0) is 9.59 Å². The van der Waals surface area contributed by atoms with Gasteiger partial charge in [0.2, 0.25) is 0 Å². The summed E-state index contributed by atoms with van der Waals surface area (Å²) < 4.78 is 10.6. The van der Waals surface area contributed by atoms with Crippen LogP contribution in [0.15, 0.2) is 54.6 Å². The quantitative estimate of drug-likeness (QED) is 0.472. The van der Waals surface area contributed by atoms with Crippen molar-refractivity contribution < 1.29 is 19.1 Å². The van der Waals surface area contributed by atoms with E-state index in [0.717, 1.165) is 0 Å². The summed E-state index contributed by atoms with van der Waals surface area (Å²) >= 11 is 6.20. The molecule has 0 heterocycles. The van der Waals surface area contributed by atoms with Gasteiger partial charge in [0.05, 0.1) is 5.02 Å². The zero-order valence-corrected chi connectivity index (χ0v) is 13.6. The van der Waals surface area contributed by atoms with Crippen molar-refractivity contribution in [2.24, 2.45) is 0 Å². The number of esters is 2. The number of benzene rings is 2. The average molecular weight is 331 g/mol. The molecule has 0 bridgehead atoms. The minimum absolute atomic E-state index is 0.155. The highest BCUT2D eigenvalue weighted by molar-refractivity contribution is 6.34. The molecule has 4 nitrogen and oxygen atoms in total. The maximum atomic E-state index is 11.8. The highest BCUT2D eigenvalue weighted by Gasteiger charge is 2.18. The van der Waals surface area contributed by atoms with Gasteiger partial charge in [0, 0.05) is 28.0 Å². The molecule has 0 amide bonds. The molecule has 5 heteroatoms. The molecule has 2 rings (SSSR count). The Morgan fingerprint density at radius 2 is 1.48 bits per heavy atom. The lowest BCUT2D eigenvalue weighted by Gasteiger charge is -2.13. The Balaban J connectivity index is 2.58. The van der Waals surface area contributed by atoms with Crippen LogP contribution in [0, 0.1) is 0 Å². The van der Waals surface area contributed by atoms with E-state index in [4.69, 9.17) is 21.1 Å². The Labute approximate surface area is 139 Å². The molecule has 0 saturated heterocycles. The lowest BCUT2D eigenvalue weighted by Crippen LogP contribution is -2.11. The summed E-state index contributed by atoms with van der Waals surface area (Å²) in [5.41, 5.74) is 0.519. The van der Waals surface area contributed by atoms with Crippen molar-refractivity contribution in [1.82, 2.24) is 0 Å². The fraction of sp³-hybridized carbons (Fsp3) is 0.111. The summed E-state index contributed by atoms with van der Waals surface area (Å²) in [6.07, 6.45) is 0. The summed E-state index contributed by atoms with van der Waals surface area (Å²) in [7, 11) is 0. The van der Waals surface area contributed by atoms with E-state index in [1.807, 2.05) is 0 Å². The minimum Gasteiger partial charge on any atom is -0.422 e. The molecule has 118 valence electrons. The highest BCUT2D eigenvalue weighted by atomic mass is 35.5. The van der Waals surface area contributed by atoms with Gasteiger partial charge >= 0.3 is 11.9 Å². The summed E-state index contributed by atoms with van der Waals surface area (Å²) in [5, 5.41) is 1.30. The number of rotatable bonds is 4. The molecular weight excluding hydrogens is 316 g/mol. The van der Waals surface area contributed by atoms with Crippen LogP contribution in [0.25, 0.3) is 10.8 Å². The third-order valence-corrected chi connectivity index (χ3v) is 3.29. The van der Waals surface area contributed by atoms with E-state index in [-0.39, 0.29) is 27.7 Å². The van der Waals surface area contributed by atoms with Crippen LogP contribution in [0.4, 0.5) is 0 Å². The molecule has 0 saturated carbocycles. The van der Waals surface area contributed by atoms with E-state index in [9.17, 15) is 9.59 Å². The standard InChI is InChI=1S/C18H15ClO4/c1-10(2)17(20)22-15-9-14(19)16(23-18(21)11(3)4)13-8-6-5-7-12(13)15/h5-9H,1,3H2,2,4H3. The molecule has 0 spiro atoms. The number of hydrogen-bond acceptors (Lipinski definition) is 4. The second-order valence-electron chi connectivity index (χ2n) is 5.07. The fourth-order valence-electron chi connectivity index (χ4n) is 1.84. The van der Waals surface area contributed by atoms with Crippen molar-refractivity contribution in [3.8, 4) is 11.5 Å². The molecule has 0 aromatic heterocycles. The topological polar surface area (TPSA) is 52.6 Å². The Morgan fingerprint density at radius 3 is 2.04 bits per heavy atom. The number of hydrogen-bond donors (Lipinski definition) is 0. The maximum absolute atomic E-state index is 11.8. The second kappa shape index (κ2) is 6.67. The first-order chi connectivity index (χ1) is 10.8. The van der Waals surface area contributed by atoms with Crippen molar-refractivity contribution in [3.05, 3.63) is 59.7 Å². The molecule has 0 aliphatic carbocycles. The zero-order chi connectivity index (χ0) is 17.1. The van der Waals surface area contributed by atoms with Crippen LogP contribution in [0.2, 0.25) is 5.02 Å². The predicted octanol–water partition coefficient (Wildman–Crippen LogP) is 4.46. The van der Waals surface area contributed by atoms with Gasteiger partial charge in [-0.05, 0) is 13.8 Å². The zero-order valence-electron chi connectivity index (χ0n) is 12.8. The molecule has 0 aliphatic heterocycles. The molecule has 0 aliphatic rings. The SMILES string of the molecule is C=C(C)C(=O)Oc1cc(Cl)c(OC(=O)C(=C)C)c2ccccc12. The minimum atomic E-state index is -0.580. The molecule has 0 N–H and O–H groups in total. The summed E-state index contributed by atoms with van der Waals surface area (Å²) in [5.74, 6) is -0.666. The van der Waals surface area contributed by atoms with Crippen molar-refractivity contribution in [3.63, 3.8) is 0 Å². The third kappa shape index (κ3) is 3.60. The van der Waals surface area contributed by atoms with Crippen LogP contribution < -0.4 is 9.47 Å². The molecule has 0 atom stereocenters. The average Bonchev–Trinajstić information content (AvgIpc) is 2.50. The lowest BCUT2D eigenvalue weighted by atomic mass is 10.1. The van der Waals surface area contributed by atoms with E-state index in [0.29, 0.717) is 10.8 Å². The lowest BCUT2D eigenvalue weighted by molar-refractivity contribution is -0.131. The Morgan fingerprint density at radius 1 is 0.957 bits per heavy atom. The molecule has 0 fully saturated rings. The summed E-state index contributed by atoms with van der Waals surface area (Å²) in [6, 6.07) is 8.44. The van der Waals surface area contributed by atoms with Gasteiger partial charge in [-0.2, -0.15) is 0 Å². The first-order valence-electron chi connectivity index (χ1n) is 6.78.